The second-order valence-corrected chi connectivity index (χ2v) is 11.8. The van der Waals surface area contributed by atoms with Crippen molar-refractivity contribution in [1.29, 1.82) is 0 Å². The molecule has 5 unspecified atom stereocenters. The van der Waals surface area contributed by atoms with Gasteiger partial charge < -0.3 is 44.8 Å². The van der Waals surface area contributed by atoms with Gasteiger partial charge in [-0.25, -0.2) is 0 Å². The van der Waals surface area contributed by atoms with Gasteiger partial charge in [-0.1, -0.05) is 34.6 Å². The number of rotatable bonds is 3. The van der Waals surface area contributed by atoms with Gasteiger partial charge in [0, 0.05) is 23.7 Å². The molecule has 11 heteroatoms. The fourth-order valence-corrected chi connectivity index (χ4v) is 5.81. The van der Waals surface area contributed by atoms with Gasteiger partial charge >= 0.3 is 5.97 Å². The molecule has 0 aromatic carbocycles. The predicted molar refractivity (Wildman–Crippen MR) is 135 cm³/mol. The Balaban J connectivity index is 2.50. The highest BCUT2D eigenvalue weighted by Crippen LogP contribution is 2.35. The lowest BCUT2D eigenvalue weighted by molar-refractivity contribution is -0.315. The Morgan fingerprint density at radius 2 is 1.45 bits per heavy atom. The minimum Gasteiger partial charge on any atom is -0.462 e. The van der Waals surface area contributed by atoms with Crippen LogP contribution in [0.5, 0.6) is 0 Å². The molecule has 0 saturated carbocycles. The van der Waals surface area contributed by atoms with Crippen LogP contribution in [0.3, 0.4) is 0 Å². The van der Waals surface area contributed by atoms with Crippen molar-refractivity contribution in [3.8, 4) is 0 Å². The number of carbonyl (C=O) groups is 2. The minimum absolute atomic E-state index is 0.115. The Kier molecular flexibility index (Phi) is 11.3. The summed E-state index contributed by atoms with van der Waals surface area (Å²) in [6, 6.07) is 0. The zero-order valence-electron chi connectivity index (χ0n) is 23.7. The first-order chi connectivity index (χ1) is 17.5. The van der Waals surface area contributed by atoms with Crippen LogP contribution < -0.4 is 0 Å². The molecule has 15 atom stereocenters. The summed E-state index contributed by atoms with van der Waals surface area (Å²) >= 11 is 0. The predicted octanol–water partition coefficient (Wildman–Crippen LogP) is 0.147. The maximum Gasteiger partial charge on any atom is 0.311 e. The van der Waals surface area contributed by atoms with Crippen molar-refractivity contribution in [3.05, 3.63) is 0 Å². The fraction of sp³-hybridized carbons (Fsp3) is 0.926. The highest BCUT2D eigenvalue weighted by Gasteiger charge is 2.49. The van der Waals surface area contributed by atoms with E-state index in [2.05, 4.69) is 0 Å². The monoisotopic (exact) mass is 548 g/mol. The minimum atomic E-state index is -1.79. The van der Waals surface area contributed by atoms with Crippen molar-refractivity contribution < 1.29 is 54.4 Å². The molecule has 2 heterocycles. The van der Waals surface area contributed by atoms with E-state index < -0.39 is 96.3 Å². The van der Waals surface area contributed by atoms with Gasteiger partial charge in [0.05, 0.1) is 35.9 Å². The summed E-state index contributed by atoms with van der Waals surface area (Å²) in [7, 11) is 0. The molecule has 11 nitrogen and oxygen atoms in total. The Hall–Kier alpha value is -1.18. The molecule has 2 saturated heterocycles. The number of Topliss-reactive ketones (excluding diaryl/α,β-unsaturated/α-hetero) is 1. The van der Waals surface area contributed by atoms with E-state index >= 15 is 0 Å². The standard InChI is InChI=1S/C27H48O11/c1-9-17-12(3)19(29)13(4)18(28)11(2)10-27(8,35)24(33)14(5)23(15(6)25(34)37-17)38-26-22(32)21(31)20(30)16(7)36-26/h11-17,19-24,26,29-33,35H,9-10H2,1-8H3/t11-,12+,13+,14+,15-,16?,17-,19+,20?,21?,22?,23+,24-,26?,27-/m1/s1. The van der Waals surface area contributed by atoms with Gasteiger partial charge in [0.2, 0.25) is 0 Å². The number of aliphatic hydroxyl groups excluding tert-OH is 5. The molecule has 0 bridgehead atoms. The van der Waals surface area contributed by atoms with Crippen molar-refractivity contribution in [2.45, 2.75) is 129 Å². The van der Waals surface area contributed by atoms with Crippen molar-refractivity contribution in [2.24, 2.45) is 29.6 Å². The first kappa shape index (κ1) is 33.0. The molecule has 2 aliphatic heterocycles. The van der Waals surface area contributed by atoms with Crippen LogP contribution in [-0.2, 0) is 23.8 Å². The van der Waals surface area contributed by atoms with Crippen LogP contribution in [0.4, 0.5) is 0 Å². The van der Waals surface area contributed by atoms with Gasteiger partial charge in [0.15, 0.2) is 6.29 Å². The van der Waals surface area contributed by atoms with Crippen LogP contribution in [0.25, 0.3) is 0 Å². The van der Waals surface area contributed by atoms with Gasteiger partial charge in [0.25, 0.3) is 0 Å². The van der Waals surface area contributed by atoms with Crippen molar-refractivity contribution in [1.82, 2.24) is 0 Å². The van der Waals surface area contributed by atoms with Crippen LogP contribution in [0, 0.1) is 29.6 Å². The Labute approximate surface area is 225 Å². The third-order valence-electron chi connectivity index (χ3n) is 8.58. The van der Waals surface area contributed by atoms with Crippen LogP contribution in [0.2, 0.25) is 0 Å². The molecule has 222 valence electrons. The lowest BCUT2D eigenvalue weighted by Gasteiger charge is -2.44. The molecule has 2 rings (SSSR count). The smallest absolute Gasteiger partial charge is 0.311 e. The highest BCUT2D eigenvalue weighted by molar-refractivity contribution is 5.83. The Morgan fingerprint density at radius 3 is 2.00 bits per heavy atom. The molecular weight excluding hydrogens is 500 g/mol. The van der Waals surface area contributed by atoms with Crippen molar-refractivity contribution >= 4 is 11.8 Å². The third-order valence-corrected chi connectivity index (χ3v) is 8.58. The molecule has 0 amide bonds. The Morgan fingerprint density at radius 1 is 0.868 bits per heavy atom. The summed E-state index contributed by atoms with van der Waals surface area (Å²) in [5.41, 5.74) is -1.79. The number of hydrogen-bond donors (Lipinski definition) is 6. The molecule has 2 fully saturated rings. The zero-order chi connectivity index (χ0) is 29.3. The molecule has 2 aliphatic rings. The second kappa shape index (κ2) is 13.0. The van der Waals surface area contributed by atoms with Gasteiger partial charge in [0.1, 0.15) is 30.2 Å². The maximum atomic E-state index is 13.3. The Bertz CT molecular complexity index is 804. The van der Waals surface area contributed by atoms with Crippen LogP contribution in [-0.4, -0.2) is 103 Å². The van der Waals surface area contributed by atoms with Crippen LogP contribution in [0.1, 0.15) is 68.2 Å². The maximum absolute atomic E-state index is 13.3. The molecular formula is C27H48O11. The molecule has 0 aliphatic carbocycles. The quantitative estimate of drug-likeness (QED) is 0.264. The molecule has 0 radical (unpaired) electrons. The molecule has 6 N–H and O–H groups in total. The lowest BCUT2D eigenvalue weighted by Crippen LogP contribution is -2.59. The summed E-state index contributed by atoms with van der Waals surface area (Å²) in [6.45, 7) is 12.7. The van der Waals surface area contributed by atoms with E-state index in [1.165, 1.54) is 20.8 Å². The average molecular weight is 549 g/mol. The summed E-state index contributed by atoms with van der Waals surface area (Å²) < 4.78 is 17.3. The van der Waals surface area contributed by atoms with E-state index in [1.54, 1.807) is 34.6 Å². The van der Waals surface area contributed by atoms with E-state index in [0.29, 0.717) is 6.42 Å². The largest absolute Gasteiger partial charge is 0.462 e. The molecule has 0 spiro atoms. The number of hydrogen-bond acceptors (Lipinski definition) is 11. The van der Waals surface area contributed by atoms with Gasteiger partial charge in [-0.2, -0.15) is 0 Å². The lowest BCUT2D eigenvalue weighted by atomic mass is 9.75. The van der Waals surface area contributed by atoms with E-state index in [4.69, 9.17) is 14.2 Å². The second-order valence-electron chi connectivity index (χ2n) is 11.8. The summed E-state index contributed by atoms with van der Waals surface area (Å²) in [4.78, 5) is 26.5. The summed E-state index contributed by atoms with van der Waals surface area (Å²) in [5, 5.41) is 64.3. The fourth-order valence-electron chi connectivity index (χ4n) is 5.81. The number of aliphatic hydroxyl groups is 6. The van der Waals surface area contributed by atoms with E-state index in [9.17, 15) is 40.2 Å². The van der Waals surface area contributed by atoms with Crippen molar-refractivity contribution in [3.63, 3.8) is 0 Å². The summed E-state index contributed by atoms with van der Waals surface area (Å²) in [6.07, 6.45) is -11.2. The van der Waals surface area contributed by atoms with Gasteiger partial charge in [-0.15, -0.1) is 0 Å². The highest BCUT2D eigenvalue weighted by atomic mass is 16.7. The molecule has 0 aromatic rings. The normalized spacial score (nSPS) is 50.3. The topological polar surface area (TPSA) is 183 Å². The molecule has 38 heavy (non-hydrogen) atoms. The first-order valence-corrected chi connectivity index (χ1v) is 13.6. The van der Waals surface area contributed by atoms with E-state index in [0.717, 1.165) is 0 Å². The zero-order valence-corrected chi connectivity index (χ0v) is 23.7. The van der Waals surface area contributed by atoms with Crippen LogP contribution >= 0.6 is 0 Å². The number of esters is 1. The van der Waals surface area contributed by atoms with E-state index in [-0.39, 0.29) is 12.2 Å². The SMILES string of the molecule is CC[C@H]1OC(=O)[C@H](C)[C@@H](OC2OC(C)C(O)C(O)C2O)[C@H](C)[C@@H](O)[C@](C)(O)C[C@@H](C)C(=O)[C@H](C)[C@@H](O)[C@H]1C. The number of ketones is 1. The van der Waals surface area contributed by atoms with Crippen molar-refractivity contribution in [2.75, 3.05) is 0 Å². The third kappa shape index (κ3) is 6.93. The number of ether oxygens (including phenoxy) is 3. The number of cyclic esters (lactones) is 1. The average Bonchev–Trinajstić information content (AvgIpc) is 2.87. The first-order valence-electron chi connectivity index (χ1n) is 13.6. The van der Waals surface area contributed by atoms with Gasteiger partial charge in [-0.3, -0.25) is 9.59 Å². The number of carbonyl (C=O) groups excluding carboxylic acids is 2. The van der Waals surface area contributed by atoms with Gasteiger partial charge in [-0.05, 0) is 33.6 Å². The van der Waals surface area contributed by atoms with Crippen LogP contribution in [0.15, 0.2) is 0 Å². The summed E-state index contributed by atoms with van der Waals surface area (Å²) in [5.74, 6) is -5.03. The van der Waals surface area contributed by atoms with E-state index in [1.807, 2.05) is 0 Å². The molecule has 0 aromatic heterocycles.